The van der Waals surface area contributed by atoms with Crippen molar-refractivity contribution in [3.8, 4) is 0 Å². The minimum absolute atomic E-state index is 0.170. The van der Waals surface area contributed by atoms with E-state index in [0.717, 1.165) is 5.57 Å². The number of halogens is 1. The molecule has 1 unspecified atom stereocenters. The van der Waals surface area contributed by atoms with Gasteiger partial charge in [0.1, 0.15) is 11.7 Å². The largest absolute Gasteiger partial charge is 0.459 e. The van der Waals surface area contributed by atoms with Crippen molar-refractivity contribution in [2.75, 3.05) is 20.7 Å². The topological polar surface area (TPSA) is 148 Å². The van der Waals surface area contributed by atoms with Gasteiger partial charge in [0.05, 0.1) is 45.9 Å². The normalized spacial score (nSPS) is 47.0. The second kappa shape index (κ2) is 15.4. The molecule has 0 saturated carbocycles. The highest BCUT2D eigenvalue weighted by molar-refractivity contribution is 14.1. The summed E-state index contributed by atoms with van der Waals surface area (Å²) in [5.74, 6) is -3.48. The summed E-state index contributed by atoms with van der Waals surface area (Å²) < 4.78 is 31.5. The number of alkyl halides is 1. The van der Waals surface area contributed by atoms with Crippen LogP contribution in [0.25, 0.3) is 0 Å². The fraction of sp³-hybridized carbons (Fsp3) is 0.865. The minimum Gasteiger partial charge on any atom is -0.459 e. The van der Waals surface area contributed by atoms with Gasteiger partial charge in [0.15, 0.2) is 12.4 Å². The van der Waals surface area contributed by atoms with Crippen molar-refractivity contribution in [1.29, 1.82) is 5.41 Å². The fourth-order valence-corrected chi connectivity index (χ4v) is 10.4. The molecule has 4 aliphatic heterocycles. The number of hydrogen-bond acceptors (Lipinski definition) is 11. The molecule has 0 aromatic rings. The van der Waals surface area contributed by atoms with Crippen molar-refractivity contribution < 1.29 is 43.5 Å². The molecule has 4 heterocycles. The van der Waals surface area contributed by atoms with Gasteiger partial charge >= 0.3 is 11.9 Å². The molecule has 11 nitrogen and oxygen atoms in total. The van der Waals surface area contributed by atoms with E-state index in [1.54, 1.807) is 13.8 Å². The summed E-state index contributed by atoms with van der Waals surface area (Å²) in [4.78, 5) is 28.2. The number of carbonyl (C=O) groups is 2. The molecule has 0 spiro atoms. The number of esters is 2. The first-order valence-corrected chi connectivity index (χ1v) is 19.1. The first kappa shape index (κ1) is 40.6. The van der Waals surface area contributed by atoms with Gasteiger partial charge in [0, 0.05) is 18.6 Å². The zero-order valence-electron chi connectivity index (χ0n) is 31.3. The molecule has 3 fully saturated rings. The predicted octanol–water partition coefficient (Wildman–Crippen LogP) is 5.07. The van der Waals surface area contributed by atoms with Crippen LogP contribution in [0.1, 0.15) is 94.4 Å². The molecule has 0 aromatic carbocycles. The van der Waals surface area contributed by atoms with Gasteiger partial charge in [-0.05, 0) is 97.2 Å². The zero-order chi connectivity index (χ0) is 36.8. The quantitative estimate of drug-likeness (QED) is 0.149. The van der Waals surface area contributed by atoms with Crippen LogP contribution in [-0.2, 0) is 33.3 Å². The van der Waals surface area contributed by atoms with Crippen LogP contribution < -0.4 is 0 Å². The van der Waals surface area contributed by atoms with Crippen molar-refractivity contribution in [1.82, 2.24) is 4.90 Å². The Hall–Kier alpha value is -1.16. The standard InChI is InChI=1S/C37H61IN2O9/c1-12-28-36(9,44)26-14-13-25-17-37(38,23(26)6)31(39)19(2)16-35(8,45-18-25)32(21(4)29(42)22(5)33(43)48-28)49-34-30(47-24(7)41)27(40(10)11)15-20(3)46-34/h17,19-23,26-30,32,34,39,42,44H,12-16,18H2,1-11H3/t19-,20-,21+,22-,23-,26-,27+,28-,29+,30-,32-,34+,35-,36+,37?/m1/s1. The van der Waals surface area contributed by atoms with E-state index in [4.69, 9.17) is 23.7 Å². The number of hydrogen-bond donors (Lipinski definition) is 3. The Bertz CT molecular complexity index is 1260. The first-order valence-electron chi connectivity index (χ1n) is 18.1. The van der Waals surface area contributed by atoms with Crippen LogP contribution in [0.5, 0.6) is 0 Å². The number of nitrogens with zero attached hydrogens (tertiary/aromatic N) is 1. The molecule has 49 heavy (non-hydrogen) atoms. The van der Waals surface area contributed by atoms with Gasteiger partial charge in [-0.25, -0.2) is 0 Å². The van der Waals surface area contributed by atoms with E-state index in [9.17, 15) is 25.2 Å². The second-order valence-electron chi connectivity index (χ2n) is 16.0. The van der Waals surface area contributed by atoms with Crippen molar-refractivity contribution in [2.45, 2.75) is 152 Å². The Morgan fingerprint density at radius 3 is 2.43 bits per heavy atom. The number of allylic oxidation sites excluding steroid dienone is 1. The molecule has 1 aliphatic carbocycles. The van der Waals surface area contributed by atoms with Crippen LogP contribution in [0.4, 0.5) is 0 Å². The Labute approximate surface area is 306 Å². The lowest BCUT2D eigenvalue weighted by Gasteiger charge is -2.49. The number of rotatable bonds is 5. The van der Waals surface area contributed by atoms with Gasteiger partial charge in [0.2, 0.25) is 0 Å². The third-order valence-corrected chi connectivity index (χ3v) is 13.9. The number of ether oxygens (including phenoxy) is 5. The molecule has 3 N–H and O–H groups in total. The van der Waals surface area contributed by atoms with Crippen LogP contribution in [0.2, 0.25) is 0 Å². The molecule has 12 heteroatoms. The number of nitrogens with one attached hydrogen (secondary N) is 1. The number of fused-ring (bicyclic) bond motifs is 11. The summed E-state index contributed by atoms with van der Waals surface area (Å²) in [5, 5.41) is 33.9. The summed E-state index contributed by atoms with van der Waals surface area (Å²) in [6.45, 7) is 16.8. The molecule has 280 valence electrons. The molecule has 0 amide bonds. The van der Waals surface area contributed by atoms with Crippen molar-refractivity contribution in [2.24, 2.45) is 29.6 Å². The Balaban J connectivity index is 1.90. The minimum atomic E-state index is -1.39. The van der Waals surface area contributed by atoms with E-state index in [2.05, 4.69) is 35.6 Å². The van der Waals surface area contributed by atoms with Gasteiger partial charge < -0.3 is 44.2 Å². The van der Waals surface area contributed by atoms with E-state index in [1.165, 1.54) is 6.92 Å². The van der Waals surface area contributed by atoms with E-state index >= 15 is 0 Å². The highest BCUT2D eigenvalue weighted by atomic mass is 127. The highest BCUT2D eigenvalue weighted by Crippen LogP contribution is 2.51. The maximum atomic E-state index is 13.8. The Morgan fingerprint density at radius 1 is 1.18 bits per heavy atom. The summed E-state index contributed by atoms with van der Waals surface area (Å²) in [5.41, 5.74) is -0.920. The van der Waals surface area contributed by atoms with Crippen molar-refractivity contribution in [3.63, 3.8) is 0 Å². The Kier molecular flexibility index (Phi) is 12.8. The van der Waals surface area contributed by atoms with Crippen LogP contribution >= 0.6 is 22.6 Å². The fourth-order valence-electron chi connectivity index (χ4n) is 9.02. The average molecular weight is 805 g/mol. The molecule has 3 saturated heterocycles. The number of likely N-dealkylation sites (N-methyl/N-ethyl adjacent to an activating group) is 1. The zero-order valence-corrected chi connectivity index (χ0v) is 33.5. The molecule has 5 rings (SSSR count). The third-order valence-electron chi connectivity index (χ3n) is 12.0. The van der Waals surface area contributed by atoms with E-state index < -0.39 is 69.1 Å². The third kappa shape index (κ3) is 8.10. The first-order chi connectivity index (χ1) is 22.7. The SMILES string of the molecule is CC[C@H]1OC(=O)[C@H](C)[C@@H](O)[C@H](C)[C@@H](O[C@@H]2O[C@H](C)C[C@H](N(C)C)[C@H]2OC(C)=O)[C@@]2(C)C[C@@H](C)C(=N)C3(I)C=C(CC[C@H]([C@H]3C)[C@]1(C)O)CO2. The molecule has 0 aromatic heterocycles. The lowest BCUT2D eigenvalue weighted by atomic mass is 9.67. The molecular weight excluding hydrogens is 743 g/mol. The van der Waals surface area contributed by atoms with E-state index in [-0.39, 0.29) is 36.5 Å². The van der Waals surface area contributed by atoms with Gasteiger partial charge in [-0.2, -0.15) is 0 Å². The molecular formula is C37H61IN2O9. The molecule has 5 aliphatic rings. The second-order valence-corrected chi connectivity index (χ2v) is 17.8. The lowest BCUT2D eigenvalue weighted by molar-refractivity contribution is -0.304. The molecule has 0 radical (unpaired) electrons. The summed E-state index contributed by atoms with van der Waals surface area (Å²) in [6.07, 6.45) is -0.0930. The maximum absolute atomic E-state index is 13.8. The predicted molar refractivity (Wildman–Crippen MR) is 195 cm³/mol. The smallest absolute Gasteiger partial charge is 0.311 e. The average Bonchev–Trinajstić information content (AvgIpc) is 3.13. The highest BCUT2D eigenvalue weighted by Gasteiger charge is 2.56. The van der Waals surface area contributed by atoms with Crippen molar-refractivity contribution >= 4 is 40.2 Å². The number of aliphatic hydroxyl groups excluding tert-OH is 1. The number of carbonyl (C=O) groups excluding carboxylic acids is 2. The van der Waals surface area contributed by atoms with Crippen molar-refractivity contribution in [3.05, 3.63) is 11.6 Å². The summed E-state index contributed by atoms with van der Waals surface area (Å²) in [7, 11) is 3.85. The van der Waals surface area contributed by atoms with E-state index in [0.29, 0.717) is 37.8 Å². The van der Waals surface area contributed by atoms with Gasteiger partial charge in [-0.15, -0.1) is 0 Å². The van der Waals surface area contributed by atoms with Gasteiger partial charge in [0.25, 0.3) is 0 Å². The summed E-state index contributed by atoms with van der Waals surface area (Å²) >= 11 is 2.40. The Morgan fingerprint density at radius 2 is 1.84 bits per heavy atom. The van der Waals surface area contributed by atoms with Crippen LogP contribution in [0.3, 0.4) is 0 Å². The monoisotopic (exact) mass is 804 g/mol. The molecule has 15 atom stereocenters. The van der Waals surface area contributed by atoms with Crippen LogP contribution in [0.15, 0.2) is 11.6 Å². The maximum Gasteiger partial charge on any atom is 0.311 e. The number of aliphatic hydroxyl groups is 2. The van der Waals surface area contributed by atoms with Crippen LogP contribution in [0, 0.1) is 35.0 Å². The van der Waals surface area contributed by atoms with E-state index in [1.807, 2.05) is 53.6 Å². The summed E-state index contributed by atoms with van der Waals surface area (Å²) in [6, 6.07) is -0.198. The lowest BCUT2D eigenvalue weighted by Crippen LogP contribution is -2.60. The molecule has 4 bridgehead atoms. The van der Waals surface area contributed by atoms with Gasteiger partial charge in [-0.1, -0.05) is 56.4 Å². The van der Waals surface area contributed by atoms with Crippen LogP contribution in [-0.4, -0.2) is 111 Å². The van der Waals surface area contributed by atoms with Gasteiger partial charge in [-0.3, -0.25) is 9.59 Å².